The summed E-state index contributed by atoms with van der Waals surface area (Å²) in [4.78, 5) is 11.9. The molecule has 3 N–H and O–H groups in total. The van der Waals surface area contributed by atoms with Gasteiger partial charge in [-0.15, -0.1) is 0 Å². The average molecular weight is 306 g/mol. The summed E-state index contributed by atoms with van der Waals surface area (Å²) >= 11 is 0. The van der Waals surface area contributed by atoms with Crippen LogP contribution in [-0.2, 0) is 11.3 Å². The first-order chi connectivity index (χ1) is 10.3. The number of rotatable bonds is 4. The van der Waals surface area contributed by atoms with Crippen LogP contribution in [0.4, 0.5) is 4.79 Å². The molecule has 5 nitrogen and oxygen atoms in total. The minimum atomic E-state index is -0.485. The lowest BCUT2D eigenvalue weighted by Gasteiger charge is -2.25. The standard InChI is InChI=1S/C17H26N2O3/c1-17(2,3)22-16(21)19-14-9-6-8-13(14)18-11-12-7-4-5-10-15(12)20/h4-5,7,10,13-14,18,20H,6,8-9,11H2,1-3H3,(H,19,21). The van der Waals surface area contributed by atoms with Gasteiger partial charge in [0.25, 0.3) is 0 Å². The number of ether oxygens (including phenoxy) is 1. The third-order valence-electron chi connectivity index (χ3n) is 3.76. The number of para-hydroxylation sites is 1. The fourth-order valence-corrected chi connectivity index (χ4v) is 2.74. The van der Waals surface area contributed by atoms with Crippen molar-refractivity contribution in [2.75, 3.05) is 0 Å². The quantitative estimate of drug-likeness (QED) is 0.800. The first-order valence-electron chi connectivity index (χ1n) is 7.85. The van der Waals surface area contributed by atoms with E-state index in [1.165, 1.54) is 0 Å². The van der Waals surface area contributed by atoms with E-state index in [4.69, 9.17) is 4.74 Å². The summed E-state index contributed by atoms with van der Waals surface area (Å²) in [5.74, 6) is 0.296. The summed E-state index contributed by atoms with van der Waals surface area (Å²) in [6, 6.07) is 7.56. The van der Waals surface area contributed by atoms with Crippen LogP contribution in [0.15, 0.2) is 24.3 Å². The van der Waals surface area contributed by atoms with Crippen molar-refractivity contribution in [3.63, 3.8) is 0 Å². The molecule has 1 aliphatic carbocycles. The van der Waals surface area contributed by atoms with Gasteiger partial charge >= 0.3 is 6.09 Å². The van der Waals surface area contributed by atoms with Gasteiger partial charge in [0.15, 0.2) is 0 Å². The monoisotopic (exact) mass is 306 g/mol. The van der Waals surface area contributed by atoms with Gasteiger partial charge in [0.1, 0.15) is 11.4 Å². The first kappa shape index (κ1) is 16.6. The topological polar surface area (TPSA) is 70.6 Å². The number of hydrogen-bond acceptors (Lipinski definition) is 4. The van der Waals surface area contributed by atoms with E-state index >= 15 is 0 Å². The van der Waals surface area contributed by atoms with Crippen LogP contribution in [-0.4, -0.2) is 28.9 Å². The van der Waals surface area contributed by atoms with E-state index < -0.39 is 5.60 Å². The zero-order valence-corrected chi connectivity index (χ0v) is 13.6. The molecular formula is C17H26N2O3. The van der Waals surface area contributed by atoms with E-state index in [0.29, 0.717) is 12.3 Å². The van der Waals surface area contributed by atoms with Crippen molar-refractivity contribution < 1.29 is 14.6 Å². The number of carbonyl (C=O) groups is 1. The molecule has 2 unspecified atom stereocenters. The Labute approximate surface area is 132 Å². The molecule has 1 aliphatic rings. The Morgan fingerprint density at radius 3 is 2.64 bits per heavy atom. The van der Waals surface area contributed by atoms with E-state index in [1.807, 2.05) is 32.9 Å². The summed E-state index contributed by atoms with van der Waals surface area (Å²) in [5, 5.41) is 16.2. The van der Waals surface area contributed by atoms with Crippen molar-refractivity contribution in [2.24, 2.45) is 0 Å². The maximum atomic E-state index is 11.9. The number of hydrogen-bond donors (Lipinski definition) is 3. The second-order valence-electron chi connectivity index (χ2n) is 6.80. The molecule has 2 atom stereocenters. The van der Waals surface area contributed by atoms with Crippen LogP contribution in [0.3, 0.4) is 0 Å². The summed E-state index contributed by atoms with van der Waals surface area (Å²) in [7, 11) is 0. The van der Waals surface area contributed by atoms with Gasteiger partial charge < -0.3 is 20.5 Å². The highest BCUT2D eigenvalue weighted by Crippen LogP contribution is 2.22. The van der Waals surface area contributed by atoms with Gasteiger partial charge in [-0.1, -0.05) is 18.2 Å². The Balaban J connectivity index is 1.86. The number of phenolic OH excluding ortho intramolecular Hbond substituents is 1. The van der Waals surface area contributed by atoms with E-state index in [-0.39, 0.29) is 18.2 Å². The van der Waals surface area contributed by atoms with Crippen LogP contribution in [0.25, 0.3) is 0 Å². The predicted molar refractivity (Wildman–Crippen MR) is 85.7 cm³/mol. The van der Waals surface area contributed by atoms with Crippen LogP contribution < -0.4 is 10.6 Å². The lowest BCUT2D eigenvalue weighted by molar-refractivity contribution is 0.0498. The Morgan fingerprint density at radius 2 is 1.95 bits per heavy atom. The van der Waals surface area contributed by atoms with E-state index in [9.17, 15) is 9.90 Å². The summed E-state index contributed by atoms with van der Waals surface area (Å²) < 4.78 is 5.31. The number of amides is 1. The van der Waals surface area contributed by atoms with Gasteiger partial charge in [-0.3, -0.25) is 0 Å². The van der Waals surface area contributed by atoms with Gasteiger partial charge in [0.2, 0.25) is 0 Å². The molecule has 2 rings (SSSR count). The van der Waals surface area contributed by atoms with Gasteiger partial charge in [-0.25, -0.2) is 4.79 Å². The highest BCUT2D eigenvalue weighted by Gasteiger charge is 2.29. The van der Waals surface area contributed by atoms with Crippen LogP contribution in [0.2, 0.25) is 0 Å². The Morgan fingerprint density at radius 1 is 1.27 bits per heavy atom. The summed E-state index contributed by atoms with van der Waals surface area (Å²) in [6.45, 7) is 6.16. The number of aromatic hydroxyl groups is 1. The van der Waals surface area contributed by atoms with Crippen molar-refractivity contribution in [1.82, 2.24) is 10.6 Å². The zero-order valence-electron chi connectivity index (χ0n) is 13.6. The minimum absolute atomic E-state index is 0.0701. The molecule has 5 heteroatoms. The van der Waals surface area contributed by atoms with Gasteiger partial charge in [-0.2, -0.15) is 0 Å². The molecule has 1 saturated carbocycles. The third-order valence-corrected chi connectivity index (χ3v) is 3.76. The van der Waals surface area contributed by atoms with Crippen molar-refractivity contribution in [2.45, 2.75) is 64.3 Å². The molecule has 1 aromatic carbocycles. The van der Waals surface area contributed by atoms with Gasteiger partial charge in [0.05, 0.1) is 0 Å². The zero-order chi connectivity index (χ0) is 16.2. The van der Waals surface area contributed by atoms with Crippen molar-refractivity contribution >= 4 is 6.09 Å². The first-order valence-corrected chi connectivity index (χ1v) is 7.85. The maximum absolute atomic E-state index is 11.9. The fraction of sp³-hybridized carbons (Fsp3) is 0.588. The molecule has 0 saturated heterocycles. The molecule has 22 heavy (non-hydrogen) atoms. The third kappa shape index (κ3) is 4.91. The fourth-order valence-electron chi connectivity index (χ4n) is 2.74. The second-order valence-corrected chi connectivity index (χ2v) is 6.80. The van der Waals surface area contributed by atoms with Gasteiger partial charge in [-0.05, 0) is 46.1 Å². The molecular weight excluding hydrogens is 280 g/mol. The smallest absolute Gasteiger partial charge is 0.407 e. The maximum Gasteiger partial charge on any atom is 0.407 e. The van der Waals surface area contributed by atoms with Crippen molar-refractivity contribution in [1.29, 1.82) is 0 Å². The van der Waals surface area contributed by atoms with Crippen LogP contribution in [0.5, 0.6) is 5.75 Å². The number of carbonyl (C=O) groups excluding carboxylic acids is 1. The molecule has 0 spiro atoms. The van der Waals surface area contributed by atoms with E-state index in [0.717, 1.165) is 24.8 Å². The minimum Gasteiger partial charge on any atom is -0.508 e. The molecule has 0 radical (unpaired) electrons. The second kappa shape index (κ2) is 7.01. The number of phenols is 1. The van der Waals surface area contributed by atoms with Crippen LogP contribution >= 0.6 is 0 Å². The molecule has 1 aromatic rings. The van der Waals surface area contributed by atoms with Crippen LogP contribution in [0, 0.1) is 0 Å². The molecule has 122 valence electrons. The Kier molecular flexibility index (Phi) is 5.29. The number of benzene rings is 1. The Hall–Kier alpha value is -1.75. The SMILES string of the molecule is CC(C)(C)OC(=O)NC1CCCC1NCc1ccccc1O. The van der Waals surface area contributed by atoms with Gasteiger partial charge in [0, 0.05) is 24.2 Å². The van der Waals surface area contributed by atoms with Crippen molar-refractivity contribution in [3.8, 4) is 5.75 Å². The van der Waals surface area contributed by atoms with Crippen LogP contribution in [0.1, 0.15) is 45.6 Å². The lowest BCUT2D eigenvalue weighted by atomic mass is 10.1. The van der Waals surface area contributed by atoms with E-state index in [1.54, 1.807) is 12.1 Å². The average Bonchev–Trinajstić information content (AvgIpc) is 2.83. The highest BCUT2D eigenvalue weighted by molar-refractivity contribution is 5.68. The molecule has 0 bridgehead atoms. The normalized spacial score (nSPS) is 21.6. The summed E-state index contributed by atoms with van der Waals surface area (Å²) in [5.41, 5.74) is 0.381. The van der Waals surface area contributed by atoms with Crippen molar-refractivity contribution in [3.05, 3.63) is 29.8 Å². The molecule has 0 aromatic heterocycles. The molecule has 0 aliphatic heterocycles. The predicted octanol–water partition coefficient (Wildman–Crippen LogP) is 2.93. The molecule has 1 fully saturated rings. The Bertz CT molecular complexity index is 511. The molecule has 0 heterocycles. The lowest BCUT2D eigenvalue weighted by Crippen LogP contribution is -2.47. The number of alkyl carbamates (subject to hydrolysis) is 1. The molecule has 1 amide bonds. The number of nitrogens with one attached hydrogen (secondary N) is 2. The largest absolute Gasteiger partial charge is 0.508 e. The van der Waals surface area contributed by atoms with E-state index in [2.05, 4.69) is 10.6 Å². The highest BCUT2D eigenvalue weighted by atomic mass is 16.6. The summed E-state index contributed by atoms with van der Waals surface area (Å²) in [6.07, 6.45) is 2.65.